The number of carbonyl (C=O) groups excluding carboxylic acids is 1. The van der Waals surface area contributed by atoms with Crippen molar-refractivity contribution in [2.45, 2.75) is 25.8 Å². The van der Waals surface area contributed by atoms with Gasteiger partial charge in [-0.3, -0.25) is 9.69 Å². The number of carbonyl (C=O) groups is 1. The second kappa shape index (κ2) is 7.15. The largest absolute Gasteiger partial charge is 0.395 e. The maximum Gasteiger partial charge on any atom is 0.227 e. The minimum Gasteiger partial charge on any atom is -0.395 e. The van der Waals surface area contributed by atoms with Crippen LogP contribution in [0, 0.1) is 0 Å². The van der Waals surface area contributed by atoms with E-state index in [1.54, 1.807) is 0 Å². The molecule has 1 atom stereocenters. The predicted molar refractivity (Wildman–Crippen MR) is 91.3 cm³/mol. The second-order valence-corrected chi connectivity index (χ2v) is 6.20. The Labute approximate surface area is 136 Å². The highest BCUT2D eigenvalue weighted by molar-refractivity contribution is 5.88. The summed E-state index contributed by atoms with van der Waals surface area (Å²) in [4.78, 5) is 20.0. The van der Waals surface area contributed by atoms with Crippen LogP contribution in [0.25, 0.3) is 10.9 Å². The van der Waals surface area contributed by atoms with Crippen molar-refractivity contribution in [1.29, 1.82) is 0 Å². The topological polar surface area (TPSA) is 59.6 Å². The molecular formula is C18H25N3O2. The number of benzene rings is 1. The Kier molecular flexibility index (Phi) is 4.98. The minimum atomic E-state index is 0.187. The summed E-state index contributed by atoms with van der Waals surface area (Å²) in [5.41, 5.74) is 2.14. The van der Waals surface area contributed by atoms with Crippen LogP contribution in [0.15, 0.2) is 30.5 Å². The third-order valence-electron chi connectivity index (χ3n) is 4.88. The Morgan fingerprint density at radius 3 is 2.70 bits per heavy atom. The van der Waals surface area contributed by atoms with Gasteiger partial charge in [0.1, 0.15) is 0 Å². The summed E-state index contributed by atoms with van der Waals surface area (Å²) in [7, 11) is 0. The number of hydrogen-bond acceptors (Lipinski definition) is 3. The van der Waals surface area contributed by atoms with Crippen molar-refractivity contribution < 1.29 is 9.90 Å². The predicted octanol–water partition coefficient (Wildman–Crippen LogP) is 1.63. The van der Waals surface area contributed by atoms with Gasteiger partial charge in [-0.25, -0.2) is 0 Å². The molecule has 0 radical (unpaired) electrons. The van der Waals surface area contributed by atoms with E-state index in [4.69, 9.17) is 0 Å². The van der Waals surface area contributed by atoms with Crippen molar-refractivity contribution in [2.24, 2.45) is 0 Å². The Morgan fingerprint density at radius 2 is 2.00 bits per heavy atom. The molecule has 2 aromatic rings. The van der Waals surface area contributed by atoms with Crippen LogP contribution in [0.3, 0.4) is 0 Å². The van der Waals surface area contributed by atoms with Gasteiger partial charge in [0, 0.05) is 49.3 Å². The van der Waals surface area contributed by atoms with Crippen molar-refractivity contribution >= 4 is 16.8 Å². The van der Waals surface area contributed by atoms with Gasteiger partial charge in [-0.15, -0.1) is 0 Å². The highest BCUT2D eigenvalue weighted by atomic mass is 16.3. The van der Waals surface area contributed by atoms with Crippen molar-refractivity contribution in [3.05, 3.63) is 36.0 Å². The quantitative estimate of drug-likeness (QED) is 0.881. The van der Waals surface area contributed by atoms with Gasteiger partial charge in [-0.1, -0.05) is 25.1 Å². The van der Waals surface area contributed by atoms with Crippen LogP contribution >= 0.6 is 0 Å². The van der Waals surface area contributed by atoms with Crippen LogP contribution in [0.2, 0.25) is 0 Å². The second-order valence-electron chi connectivity index (χ2n) is 6.20. The molecule has 1 aliphatic heterocycles. The van der Waals surface area contributed by atoms with E-state index in [0.717, 1.165) is 49.1 Å². The highest BCUT2D eigenvalue weighted by Gasteiger charge is 2.25. The number of rotatable bonds is 5. The number of aliphatic hydroxyl groups excluding tert-OH is 1. The molecule has 1 amide bonds. The zero-order valence-electron chi connectivity index (χ0n) is 13.7. The van der Waals surface area contributed by atoms with Gasteiger partial charge >= 0.3 is 0 Å². The summed E-state index contributed by atoms with van der Waals surface area (Å²) in [5.74, 6) is 0.187. The zero-order chi connectivity index (χ0) is 16.2. The van der Waals surface area contributed by atoms with Crippen molar-refractivity contribution in [3.8, 4) is 0 Å². The monoisotopic (exact) mass is 315 g/mol. The molecule has 1 saturated heterocycles. The molecule has 2 N–H and O–H groups in total. The molecular weight excluding hydrogens is 290 g/mol. The molecule has 124 valence electrons. The third-order valence-corrected chi connectivity index (χ3v) is 4.88. The van der Waals surface area contributed by atoms with E-state index in [0.29, 0.717) is 6.42 Å². The molecule has 1 aromatic heterocycles. The molecule has 1 aromatic carbocycles. The number of aromatic amines is 1. The molecule has 2 heterocycles. The lowest BCUT2D eigenvalue weighted by Crippen LogP contribution is -2.53. The van der Waals surface area contributed by atoms with E-state index in [2.05, 4.69) is 22.9 Å². The highest BCUT2D eigenvalue weighted by Crippen LogP contribution is 2.19. The SMILES string of the molecule is CCC(CO)N1CCN(C(=O)Cc2c[nH]c3ccccc23)CC1. The number of nitrogens with one attached hydrogen (secondary N) is 1. The number of amides is 1. The fourth-order valence-corrected chi connectivity index (χ4v) is 3.39. The first kappa shape index (κ1) is 16.0. The number of para-hydroxylation sites is 1. The van der Waals surface area contributed by atoms with Crippen LogP contribution in [0.1, 0.15) is 18.9 Å². The molecule has 23 heavy (non-hydrogen) atoms. The van der Waals surface area contributed by atoms with Crippen molar-refractivity contribution in [3.63, 3.8) is 0 Å². The number of aromatic nitrogens is 1. The summed E-state index contributed by atoms with van der Waals surface area (Å²) in [6.07, 6.45) is 3.33. The Bertz CT molecular complexity index is 655. The van der Waals surface area contributed by atoms with Crippen molar-refractivity contribution in [1.82, 2.24) is 14.8 Å². The third kappa shape index (κ3) is 3.41. The van der Waals surface area contributed by atoms with Crippen LogP contribution in [0.4, 0.5) is 0 Å². The number of nitrogens with zero attached hydrogens (tertiary/aromatic N) is 2. The van der Waals surface area contributed by atoms with E-state index < -0.39 is 0 Å². The molecule has 1 fully saturated rings. The molecule has 0 saturated carbocycles. The Hall–Kier alpha value is -1.85. The maximum absolute atomic E-state index is 12.6. The van der Waals surface area contributed by atoms with E-state index in [1.165, 1.54) is 0 Å². The smallest absolute Gasteiger partial charge is 0.227 e. The number of piperazine rings is 1. The Morgan fingerprint density at radius 1 is 1.26 bits per heavy atom. The molecule has 0 aliphatic carbocycles. The lowest BCUT2D eigenvalue weighted by Gasteiger charge is -2.38. The summed E-state index contributed by atoms with van der Waals surface area (Å²) >= 11 is 0. The Balaban J connectivity index is 1.60. The molecule has 5 nitrogen and oxygen atoms in total. The van der Waals surface area contributed by atoms with Gasteiger partial charge in [0.15, 0.2) is 0 Å². The number of aliphatic hydroxyl groups is 1. The summed E-state index contributed by atoms with van der Waals surface area (Å²) in [5, 5.41) is 10.5. The normalized spacial score (nSPS) is 17.6. The van der Waals surface area contributed by atoms with Crippen molar-refractivity contribution in [2.75, 3.05) is 32.8 Å². The molecule has 1 unspecified atom stereocenters. The number of fused-ring (bicyclic) bond motifs is 1. The fraction of sp³-hybridized carbons (Fsp3) is 0.500. The zero-order valence-corrected chi connectivity index (χ0v) is 13.7. The average Bonchev–Trinajstić information content (AvgIpc) is 3.00. The van der Waals surface area contributed by atoms with E-state index in [1.807, 2.05) is 29.3 Å². The lowest BCUT2D eigenvalue weighted by atomic mass is 10.1. The fourth-order valence-electron chi connectivity index (χ4n) is 3.39. The van der Waals surface area contributed by atoms with E-state index in [-0.39, 0.29) is 18.6 Å². The molecule has 5 heteroatoms. The van der Waals surface area contributed by atoms with Crippen LogP contribution in [-0.4, -0.2) is 64.6 Å². The van der Waals surface area contributed by atoms with Gasteiger partial charge < -0.3 is 15.0 Å². The summed E-state index contributed by atoms with van der Waals surface area (Å²) in [6.45, 7) is 5.47. The number of hydrogen-bond donors (Lipinski definition) is 2. The van der Waals surface area contributed by atoms with Crippen LogP contribution < -0.4 is 0 Å². The standard InChI is InChI=1S/C18H25N3O2/c1-2-15(13-22)20-7-9-21(10-8-20)18(23)11-14-12-19-17-6-4-3-5-16(14)17/h3-6,12,15,19,22H,2,7-11,13H2,1H3. The van der Waals surface area contributed by atoms with E-state index >= 15 is 0 Å². The van der Waals surface area contributed by atoms with Crippen LogP contribution in [-0.2, 0) is 11.2 Å². The minimum absolute atomic E-state index is 0.187. The van der Waals surface area contributed by atoms with Gasteiger partial charge in [-0.05, 0) is 18.1 Å². The summed E-state index contributed by atoms with van der Waals surface area (Å²) in [6, 6.07) is 8.31. The average molecular weight is 315 g/mol. The first-order valence-electron chi connectivity index (χ1n) is 8.40. The van der Waals surface area contributed by atoms with Gasteiger partial charge in [0.05, 0.1) is 13.0 Å². The first-order valence-corrected chi connectivity index (χ1v) is 8.40. The lowest BCUT2D eigenvalue weighted by molar-refractivity contribution is -0.132. The van der Waals surface area contributed by atoms with Gasteiger partial charge in [0.25, 0.3) is 0 Å². The van der Waals surface area contributed by atoms with Crippen LogP contribution in [0.5, 0.6) is 0 Å². The molecule has 0 bridgehead atoms. The molecule has 1 aliphatic rings. The van der Waals surface area contributed by atoms with Gasteiger partial charge in [0.2, 0.25) is 5.91 Å². The first-order chi connectivity index (χ1) is 11.2. The molecule has 0 spiro atoms. The van der Waals surface area contributed by atoms with E-state index in [9.17, 15) is 9.90 Å². The summed E-state index contributed by atoms with van der Waals surface area (Å²) < 4.78 is 0. The molecule has 3 rings (SSSR count). The number of H-pyrrole nitrogens is 1. The maximum atomic E-state index is 12.6. The van der Waals surface area contributed by atoms with Gasteiger partial charge in [-0.2, -0.15) is 0 Å².